The highest BCUT2D eigenvalue weighted by molar-refractivity contribution is 7.99. The zero-order chi connectivity index (χ0) is 18.0. The van der Waals surface area contributed by atoms with Gasteiger partial charge in [-0.3, -0.25) is 9.10 Å². The second kappa shape index (κ2) is 7.09. The maximum absolute atomic E-state index is 13.1. The number of amides is 1. The van der Waals surface area contributed by atoms with Gasteiger partial charge >= 0.3 is 0 Å². The summed E-state index contributed by atoms with van der Waals surface area (Å²) in [6.07, 6.45) is 0. The molecule has 0 aromatic heterocycles. The van der Waals surface area contributed by atoms with Gasteiger partial charge in [-0.2, -0.15) is 0 Å². The van der Waals surface area contributed by atoms with Gasteiger partial charge in [0.1, 0.15) is 0 Å². The molecule has 25 heavy (non-hydrogen) atoms. The number of rotatable bonds is 4. The van der Waals surface area contributed by atoms with E-state index < -0.39 is 10.0 Å². The topological polar surface area (TPSA) is 66.5 Å². The van der Waals surface area contributed by atoms with Crippen molar-refractivity contribution in [1.29, 1.82) is 0 Å². The number of nitrogens with zero attached hydrogens (tertiary/aromatic N) is 1. The predicted octanol–water partition coefficient (Wildman–Crippen LogP) is 3.58. The van der Waals surface area contributed by atoms with Crippen LogP contribution in [0.3, 0.4) is 0 Å². The molecule has 2 aromatic rings. The fraction of sp³-hybridized carbons (Fsp3) is 0.278. The van der Waals surface area contributed by atoms with Gasteiger partial charge in [0.15, 0.2) is 0 Å². The van der Waals surface area contributed by atoms with Crippen molar-refractivity contribution in [3.8, 4) is 0 Å². The number of fused-ring (bicyclic) bond motifs is 1. The summed E-state index contributed by atoms with van der Waals surface area (Å²) >= 11 is 1.56. The van der Waals surface area contributed by atoms with Gasteiger partial charge in [0.05, 0.1) is 16.3 Å². The van der Waals surface area contributed by atoms with Gasteiger partial charge in [0.25, 0.3) is 10.0 Å². The first-order chi connectivity index (χ1) is 11.9. The number of nitrogens with one attached hydrogen (secondary N) is 1. The third-order valence-corrected chi connectivity index (χ3v) is 7.30. The monoisotopic (exact) mass is 376 g/mol. The smallest absolute Gasteiger partial charge is 0.264 e. The Morgan fingerprint density at radius 1 is 1.20 bits per heavy atom. The minimum Gasteiger partial charge on any atom is -0.325 e. The summed E-state index contributed by atoms with van der Waals surface area (Å²) in [5.41, 5.74) is 1.18. The molecule has 132 valence electrons. The normalized spacial score (nSPS) is 17.4. The fourth-order valence-electron chi connectivity index (χ4n) is 2.65. The Labute approximate surface area is 152 Å². The molecule has 0 aliphatic carbocycles. The highest BCUT2D eigenvalue weighted by Crippen LogP contribution is 2.35. The van der Waals surface area contributed by atoms with E-state index in [2.05, 4.69) is 5.32 Å². The lowest BCUT2D eigenvalue weighted by Crippen LogP contribution is -2.30. The molecular weight excluding hydrogens is 356 g/mol. The van der Waals surface area contributed by atoms with Gasteiger partial charge in [-0.25, -0.2) is 8.42 Å². The van der Waals surface area contributed by atoms with Gasteiger partial charge < -0.3 is 5.32 Å². The number of benzene rings is 2. The van der Waals surface area contributed by atoms with E-state index in [1.54, 1.807) is 49.0 Å². The Kier molecular flexibility index (Phi) is 5.06. The molecular formula is C18H20N2O3S2. The molecule has 0 saturated heterocycles. The van der Waals surface area contributed by atoms with Crippen LogP contribution in [-0.2, 0) is 14.8 Å². The Bertz CT molecular complexity index is 882. The van der Waals surface area contributed by atoms with Crippen LogP contribution < -0.4 is 9.62 Å². The molecule has 0 saturated carbocycles. The molecule has 1 N–H and O–H groups in total. The number of para-hydroxylation sites is 1. The van der Waals surface area contributed by atoms with Crippen LogP contribution in [0.4, 0.5) is 11.4 Å². The van der Waals surface area contributed by atoms with Gasteiger partial charge in [0.2, 0.25) is 5.91 Å². The largest absolute Gasteiger partial charge is 0.325 e. The predicted molar refractivity (Wildman–Crippen MR) is 102 cm³/mol. The van der Waals surface area contributed by atoms with Crippen LogP contribution >= 0.6 is 11.8 Å². The molecule has 1 amide bonds. The SMILES string of the molecule is CCN(c1ccccc1)S(=O)(=O)c1ccc2c(c1)NC(=O)[C@@H](C)CS2. The summed E-state index contributed by atoms with van der Waals surface area (Å²) in [7, 11) is -3.71. The summed E-state index contributed by atoms with van der Waals surface area (Å²) in [6, 6.07) is 13.9. The summed E-state index contributed by atoms with van der Waals surface area (Å²) in [5, 5.41) is 2.84. The minimum absolute atomic E-state index is 0.0868. The molecule has 0 radical (unpaired) electrons. The molecule has 0 fully saturated rings. The number of hydrogen-bond donors (Lipinski definition) is 1. The zero-order valence-electron chi connectivity index (χ0n) is 14.1. The Balaban J connectivity index is 2.01. The maximum Gasteiger partial charge on any atom is 0.264 e. The first-order valence-electron chi connectivity index (χ1n) is 8.09. The van der Waals surface area contributed by atoms with Crippen molar-refractivity contribution in [2.45, 2.75) is 23.6 Å². The molecule has 1 aliphatic rings. The lowest BCUT2D eigenvalue weighted by atomic mass is 10.2. The van der Waals surface area contributed by atoms with Crippen LogP contribution in [-0.4, -0.2) is 26.6 Å². The highest BCUT2D eigenvalue weighted by atomic mass is 32.2. The standard InChI is InChI=1S/C18H20N2O3S2/c1-3-20(14-7-5-4-6-8-14)25(22,23)15-9-10-17-16(11-15)19-18(21)13(2)12-24-17/h4-11,13H,3,12H2,1-2H3,(H,19,21)/t13-/m0/s1. The second-order valence-corrected chi connectivity index (χ2v) is 8.79. The van der Waals surface area contributed by atoms with Crippen molar-refractivity contribution in [2.75, 3.05) is 21.9 Å². The van der Waals surface area contributed by atoms with Crippen LogP contribution in [0.5, 0.6) is 0 Å². The second-order valence-electron chi connectivity index (χ2n) is 5.86. The van der Waals surface area contributed by atoms with E-state index in [9.17, 15) is 13.2 Å². The average molecular weight is 377 g/mol. The Hall–Kier alpha value is -1.99. The molecule has 1 heterocycles. The first kappa shape index (κ1) is 17.8. The number of thioether (sulfide) groups is 1. The van der Waals surface area contributed by atoms with Crippen molar-refractivity contribution >= 4 is 39.1 Å². The quantitative estimate of drug-likeness (QED) is 0.886. The van der Waals surface area contributed by atoms with Gasteiger partial charge in [-0.05, 0) is 37.3 Å². The maximum atomic E-state index is 13.1. The Morgan fingerprint density at radius 3 is 2.60 bits per heavy atom. The molecule has 2 aromatic carbocycles. The Morgan fingerprint density at radius 2 is 1.92 bits per heavy atom. The van der Waals surface area contributed by atoms with E-state index in [-0.39, 0.29) is 16.7 Å². The molecule has 1 aliphatic heterocycles. The van der Waals surface area contributed by atoms with E-state index in [1.807, 2.05) is 25.1 Å². The van der Waals surface area contributed by atoms with Crippen molar-refractivity contribution < 1.29 is 13.2 Å². The van der Waals surface area contributed by atoms with Gasteiger partial charge in [-0.15, -0.1) is 11.8 Å². The van der Waals surface area contributed by atoms with Crippen LogP contribution in [0, 0.1) is 5.92 Å². The molecule has 3 rings (SSSR count). The third-order valence-electron chi connectivity index (χ3n) is 4.06. The van der Waals surface area contributed by atoms with Gasteiger partial charge in [-0.1, -0.05) is 25.1 Å². The number of hydrogen-bond acceptors (Lipinski definition) is 4. The number of sulfonamides is 1. The van der Waals surface area contributed by atoms with Crippen molar-refractivity contribution in [1.82, 2.24) is 0 Å². The van der Waals surface area contributed by atoms with E-state index in [1.165, 1.54) is 4.31 Å². The summed E-state index contributed by atoms with van der Waals surface area (Å²) in [4.78, 5) is 13.1. The number of carbonyl (C=O) groups excluding carboxylic acids is 1. The third kappa shape index (κ3) is 3.52. The molecule has 0 bridgehead atoms. The number of anilines is 2. The van der Waals surface area contributed by atoms with Crippen molar-refractivity contribution in [3.05, 3.63) is 48.5 Å². The molecule has 1 atom stereocenters. The summed E-state index contributed by atoms with van der Waals surface area (Å²) in [5.74, 6) is 0.473. The minimum atomic E-state index is -3.71. The van der Waals surface area contributed by atoms with Crippen LogP contribution in [0.1, 0.15) is 13.8 Å². The fourth-order valence-corrected chi connectivity index (χ4v) is 5.16. The van der Waals surface area contributed by atoms with Crippen LogP contribution in [0.25, 0.3) is 0 Å². The summed E-state index contributed by atoms with van der Waals surface area (Å²) in [6.45, 7) is 3.98. The lowest BCUT2D eigenvalue weighted by Gasteiger charge is -2.23. The number of carbonyl (C=O) groups is 1. The van der Waals surface area contributed by atoms with Gasteiger partial charge in [0, 0.05) is 23.1 Å². The van der Waals surface area contributed by atoms with Crippen molar-refractivity contribution in [3.63, 3.8) is 0 Å². The molecule has 7 heteroatoms. The van der Waals surface area contributed by atoms with Crippen LogP contribution in [0.15, 0.2) is 58.3 Å². The molecule has 5 nitrogen and oxygen atoms in total. The zero-order valence-corrected chi connectivity index (χ0v) is 15.7. The van der Waals surface area contributed by atoms with E-state index >= 15 is 0 Å². The lowest BCUT2D eigenvalue weighted by molar-refractivity contribution is -0.118. The van der Waals surface area contributed by atoms with Crippen LogP contribution in [0.2, 0.25) is 0 Å². The molecule has 0 spiro atoms. The van der Waals surface area contributed by atoms with E-state index in [0.717, 1.165) is 4.90 Å². The average Bonchev–Trinajstić information content (AvgIpc) is 2.74. The molecule has 0 unspecified atom stereocenters. The van der Waals surface area contributed by atoms with E-state index in [0.29, 0.717) is 23.7 Å². The first-order valence-corrected chi connectivity index (χ1v) is 10.5. The highest BCUT2D eigenvalue weighted by Gasteiger charge is 2.26. The van der Waals surface area contributed by atoms with Crippen molar-refractivity contribution in [2.24, 2.45) is 5.92 Å². The van der Waals surface area contributed by atoms with E-state index in [4.69, 9.17) is 0 Å². The summed E-state index contributed by atoms with van der Waals surface area (Å²) < 4.78 is 27.5.